The van der Waals surface area contributed by atoms with E-state index in [2.05, 4.69) is 51.3 Å². The number of nitrogens with two attached hydrogens (primary N) is 1. The Kier molecular flexibility index (Phi) is 4.06. The normalized spacial score (nSPS) is 17.6. The van der Waals surface area contributed by atoms with Gasteiger partial charge in [0.2, 0.25) is 0 Å². The summed E-state index contributed by atoms with van der Waals surface area (Å²) in [5, 5.41) is 2.42. The Hall–Kier alpha value is -1.35. The molecule has 2 N–H and O–H groups in total. The van der Waals surface area contributed by atoms with Crippen LogP contribution < -0.4 is 5.73 Å². The molecule has 1 aliphatic carbocycles. The molecule has 2 aromatic rings. The summed E-state index contributed by atoms with van der Waals surface area (Å²) in [6, 6.07) is 12.5. The Balaban J connectivity index is 1.87. The molecular weight excluding hydrogens is 312 g/mol. The predicted octanol–water partition coefficient (Wildman–Crippen LogP) is 5.17. The van der Waals surface area contributed by atoms with Gasteiger partial charge in [-0.3, -0.25) is 0 Å². The minimum absolute atomic E-state index is 0.476. The van der Waals surface area contributed by atoms with Gasteiger partial charge in [-0.2, -0.15) is 0 Å². The monoisotopic (exact) mass is 330 g/mol. The SMILES string of the molecule is NC(=Nc1ccc2cc(Br)ccc2c1)C1CCCCC1. The molecule has 0 spiro atoms. The van der Waals surface area contributed by atoms with E-state index in [1.165, 1.54) is 42.9 Å². The standard InChI is InChI=1S/C17H19BrN2/c18-15-8-6-14-11-16(9-7-13(14)10-15)20-17(19)12-4-2-1-3-5-12/h6-12H,1-5H2,(H2,19,20). The first-order chi connectivity index (χ1) is 9.72. The van der Waals surface area contributed by atoms with Crippen LogP contribution in [0.1, 0.15) is 32.1 Å². The van der Waals surface area contributed by atoms with Crippen LogP contribution in [0.4, 0.5) is 5.69 Å². The Labute approximate surface area is 128 Å². The maximum atomic E-state index is 6.19. The molecule has 104 valence electrons. The van der Waals surface area contributed by atoms with Gasteiger partial charge in [0, 0.05) is 10.4 Å². The van der Waals surface area contributed by atoms with Crippen LogP contribution in [0.3, 0.4) is 0 Å². The quantitative estimate of drug-likeness (QED) is 0.598. The summed E-state index contributed by atoms with van der Waals surface area (Å²) in [6.45, 7) is 0. The van der Waals surface area contributed by atoms with Crippen LogP contribution in [-0.2, 0) is 0 Å². The highest BCUT2D eigenvalue weighted by molar-refractivity contribution is 9.10. The van der Waals surface area contributed by atoms with Gasteiger partial charge in [-0.1, -0.05) is 47.3 Å². The highest BCUT2D eigenvalue weighted by atomic mass is 79.9. The van der Waals surface area contributed by atoms with Gasteiger partial charge in [-0.25, -0.2) is 4.99 Å². The third kappa shape index (κ3) is 3.04. The van der Waals surface area contributed by atoms with Crippen molar-refractivity contribution in [2.45, 2.75) is 32.1 Å². The largest absolute Gasteiger partial charge is 0.387 e. The predicted molar refractivity (Wildman–Crippen MR) is 89.5 cm³/mol. The van der Waals surface area contributed by atoms with Crippen LogP contribution in [0.5, 0.6) is 0 Å². The fourth-order valence-electron chi connectivity index (χ4n) is 2.91. The number of hydrogen-bond donors (Lipinski definition) is 1. The average molecular weight is 331 g/mol. The van der Waals surface area contributed by atoms with Gasteiger partial charge in [0.05, 0.1) is 5.69 Å². The van der Waals surface area contributed by atoms with Gasteiger partial charge in [0.15, 0.2) is 0 Å². The molecule has 1 saturated carbocycles. The van der Waals surface area contributed by atoms with Crippen molar-refractivity contribution in [2.75, 3.05) is 0 Å². The molecule has 0 radical (unpaired) electrons. The summed E-state index contributed by atoms with van der Waals surface area (Å²) in [4.78, 5) is 4.64. The van der Waals surface area contributed by atoms with Crippen molar-refractivity contribution in [1.82, 2.24) is 0 Å². The molecule has 20 heavy (non-hydrogen) atoms. The third-order valence-electron chi connectivity index (χ3n) is 4.07. The van der Waals surface area contributed by atoms with Crippen molar-refractivity contribution < 1.29 is 0 Å². The zero-order valence-corrected chi connectivity index (χ0v) is 13.1. The fourth-order valence-corrected chi connectivity index (χ4v) is 3.29. The summed E-state index contributed by atoms with van der Waals surface area (Å²) in [7, 11) is 0. The minimum Gasteiger partial charge on any atom is -0.387 e. The molecule has 3 heteroatoms. The second-order valence-electron chi connectivity index (χ2n) is 5.55. The molecule has 1 fully saturated rings. The lowest BCUT2D eigenvalue weighted by atomic mass is 9.88. The van der Waals surface area contributed by atoms with E-state index in [-0.39, 0.29) is 0 Å². The maximum absolute atomic E-state index is 6.19. The Morgan fingerprint density at radius 3 is 2.50 bits per heavy atom. The molecule has 0 heterocycles. The van der Waals surface area contributed by atoms with Crippen LogP contribution in [-0.4, -0.2) is 5.84 Å². The highest BCUT2D eigenvalue weighted by Gasteiger charge is 2.16. The molecule has 0 bridgehead atoms. The number of halogens is 1. The van der Waals surface area contributed by atoms with Gasteiger partial charge in [0.1, 0.15) is 5.84 Å². The van der Waals surface area contributed by atoms with Gasteiger partial charge in [-0.05, 0) is 47.9 Å². The molecule has 1 aliphatic rings. The molecule has 0 atom stereocenters. The number of aliphatic imine (C=N–C) groups is 1. The number of benzene rings is 2. The molecular formula is C17H19BrN2. The lowest BCUT2D eigenvalue weighted by molar-refractivity contribution is 0.437. The summed E-state index contributed by atoms with van der Waals surface area (Å²) >= 11 is 3.50. The first kappa shape index (κ1) is 13.6. The van der Waals surface area contributed by atoms with Crippen molar-refractivity contribution in [1.29, 1.82) is 0 Å². The lowest BCUT2D eigenvalue weighted by Gasteiger charge is -2.20. The highest BCUT2D eigenvalue weighted by Crippen LogP contribution is 2.27. The van der Waals surface area contributed by atoms with E-state index in [4.69, 9.17) is 5.73 Å². The number of rotatable bonds is 2. The minimum atomic E-state index is 0.476. The topological polar surface area (TPSA) is 38.4 Å². The van der Waals surface area contributed by atoms with Gasteiger partial charge < -0.3 is 5.73 Å². The van der Waals surface area contributed by atoms with E-state index < -0.39 is 0 Å². The lowest BCUT2D eigenvalue weighted by Crippen LogP contribution is -2.25. The number of hydrogen-bond acceptors (Lipinski definition) is 1. The third-order valence-corrected chi connectivity index (χ3v) is 4.56. The number of amidine groups is 1. The van der Waals surface area contributed by atoms with Crippen molar-refractivity contribution in [3.05, 3.63) is 40.9 Å². The van der Waals surface area contributed by atoms with Gasteiger partial charge in [0.25, 0.3) is 0 Å². The fraction of sp³-hybridized carbons (Fsp3) is 0.353. The van der Waals surface area contributed by atoms with Gasteiger partial charge >= 0.3 is 0 Å². The Morgan fingerprint density at radius 1 is 1.00 bits per heavy atom. The first-order valence-electron chi connectivity index (χ1n) is 7.26. The average Bonchev–Trinajstić information content (AvgIpc) is 2.48. The van der Waals surface area contributed by atoms with E-state index in [1.54, 1.807) is 0 Å². The molecule has 0 amide bonds. The van der Waals surface area contributed by atoms with Crippen LogP contribution >= 0.6 is 15.9 Å². The van der Waals surface area contributed by atoms with E-state index in [9.17, 15) is 0 Å². The summed E-state index contributed by atoms with van der Waals surface area (Å²) in [5.41, 5.74) is 7.15. The molecule has 3 rings (SSSR count). The van der Waals surface area contributed by atoms with Crippen molar-refractivity contribution in [3.8, 4) is 0 Å². The van der Waals surface area contributed by atoms with Crippen molar-refractivity contribution in [2.24, 2.45) is 16.6 Å². The second-order valence-corrected chi connectivity index (χ2v) is 6.46. The van der Waals surface area contributed by atoms with Crippen LogP contribution in [0.2, 0.25) is 0 Å². The van der Waals surface area contributed by atoms with Crippen LogP contribution in [0, 0.1) is 5.92 Å². The van der Waals surface area contributed by atoms with E-state index >= 15 is 0 Å². The van der Waals surface area contributed by atoms with Crippen molar-refractivity contribution in [3.63, 3.8) is 0 Å². The summed E-state index contributed by atoms with van der Waals surface area (Å²) in [6.07, 6.45) is 6.29. The molecule has 0 unspecified atom stereocenters. The zero-order chi connectivity index (χ0) is 13.9. The Morgan fingerprint density at radius 2 is 1.70 bits per heavy atom. The molecule has 0 saturated heterocycles. The second kappa shape index (κ2) is 5.96. The smallest absolute Gasteiger partial charge is 0.103 e. The van der Waals surface area contributed by atoms with Crippen molar-refractivity contribution >= 4 is 38.2 Å². The molecule has 2 nitrogen and oxygen atoms in total. The molecule has 0 aliphatic heterocycles. The maximum Gasteiger partial charge on any atom is 0.103 e. The molecule has 2 aromatic carbocycles. The van der Waals surface area contributed by atoms with E-state index in [0.717, 1.165) is 16.0 Å². The Bertz CT molecular complexity index is 642. The van der Waals surface area contributed by atoms with E-state index in [1.807, 2.05) is 6.07 Å². The van der Waals surface area contributed by atoms with E-state index in [0.29, 0.717) is 5.92 Å². The number of fused-ring (bicyclic) bond motifs is 1. The summed E-state index contributed by atoms with van der Waals surface area (Å²) < 4.78 is 1.10. The van der Waals surface area contributed by atoms with Gasteiger partial charge in [-0.15, -0.1) is 0 Å². The first-order valence-corrected chi connectivity index (χ1v) is 8.05. The van der Waals surface area contributed by atoms with Crippen LogP contribution in [0.25, 0.3) is 10.8 Å². The number of nitrogens with zero attached hydrogens (tertiary/aromatic N) is 1. The zero-order valence-electron chi connectivity index (χ0n) is 11.5. The summed E-state index contributed by atoms with van der Waals surface area (Å²) in [5.74, 6) is 1.28. The van der Waals surface area contributed by atoms with Crippen LogP contribution in [0.15, 0.2) is 45.9 Å². The molecule has 0 aromatic heterocycles.